The van der Waals surface area contributed by atoms with Crippen LogP contribution in [0.2, 0.25) is 0 Å². The van der Waals surface area contributed by atoms with Crippen molar-refractivity contribution in [3.63, 3.8) is 0 Å². The Morgan fingerprint density at radius 3 is 2.12 bits per heavy atom. The molecule has 1 saturated heterocycles. The topological polar surface area (TPSA) is 49.6 Å². The van der Waals surface area contributed by atoms with Crippen LogP contribution in [0.3, 0.4) is 0 Å². The average Bonchev–Trinajstić information content (AvgIpc) is 2.58. The first-order chi connectivity index (χ1) is 8.13. The number of rotatable bonds is 1. The number of carbonyl (C=O) groups is 1. The number of amides is 1. The molecule has 17 heavy (non-hydrogen) atoms. The fourth-order valence-electron chi connectivity index (χ4n) is 1.80. The molecule has 0 aliphatic carbocycles. The van der Waals surface area contributed by atoms with Crippen molar-refractivity contribution >= 4 is 11.6 Å². The van der Waals surface area contributed by atoms with Gasteiger partial charge in [-0.3, -0.25) is 4.79 Å². The molecule has 1 aliphatic heterocycles. The monoisotopic (exact) mass is 235 g/mol. The van der Waals surface area contributed by atoms with E-state index in [9.17, 15) is 4.79 Å². The van der Waals surface area contributed by atoms with E-state index < -0.39 is 6.04 Å². The molecule has 2 atom stereocenters. The summed E-state index contributed by atoms with van der Waals surface area (Å²) < 4.78 is 0. The van der Waals surface area contributed by atoms with Crippen molar-refractivity contribution in [3.05, 3.63) is 30.3 Å². The van der Waals surface area contributed by atoms with Gasteiger partial charge in [0, 0.05) is 7.05 Å². The lowest BCUT2D eigenvalue weighted by molar-refractivity contribution is -0.118. The molecule has 94 valence electrons. The number of nitrogens with zero attached hydrogens (tertiary/aromatic N) is 2. The summed E-state index contributed by atoms with van der Waals surface area (Å²) in [6.07, 6.45) is 0. The van der Waals surface area contributed by atoms with Gasteiger partial charge >= 0.3 is 0 Å². The van der Waals surface area contributed by atoms with Crippen LogP contribution in [-0.2, 0) is 4.79 Å². The Morgan fingerprint density at radius 2 is 1.71 bits per heavy atom. The van der Waals surface area contributed by atoms with E-state index in [1.165, 1.54) is 0 Å². The van der Waals surface area contributed by atoms with Crippen molar-refractivity contribution in [2.45, 2.75) is 32.9 Å². The Morgan fingerprint density at radius 1 is 1.18 bits per heavy atom. The molecule has 1 aromatic rings. The van der Waals surface area contributed by atoms with E-state index in [1.54, 1.807) is 5.01 Å². The van der Waals surface area contributed by atoms with Gasteiger partial charge in [-0.15, -0.1) is 0 Å². The largest absolute Gasteiger partial charge is 0.318 e. The number of carbonyl (C=O) groups excluding carboxylic acids is 1. The van der Waals surface area contributed by atoms with E-state index in [2.05, 4.69) is 0 Å². The molecule has 4 nitrogen and oxygen atoms in total. The van der Waals surface area contributed by atoms with Crippen molar-refractivity contribution in [1.82, 2.24) is 5.01 Å². The van der Waals surface area contributed by atoms with Crippen molar-refractivity contribution in [1.29, 1.82) is 0 Å². The Bertz CT molecular complexity index is 366. The summed E-state index contributed by atoms with van der Waals surface area (Å²) in [7, 11) is 1.88. The second-order valence-corrected chi connectivity index (χ2v) is 3.83. The number of nitrogens with two attached hydrogens (primary N) is 1. The van der Waals surface area contributed by atoms with Gasteiger partial charge in [0.05, 0.1) is 11.7 Å². The standard InChI is InChI=1S/C11H15N3O.C2H6/c1-8-10(12)11(15)14(13(8)2)9-6-4-3-5-7-9;1-2/h3-8,10H,12H2,1-2H3;1-2H3. The van der Waals surface area contributed by atoms with E-state index >= 15 is 0 Å². The fraction of sp³-hybridized carbons (Fsp3) is 0.462. The maximum absolute atomic E-state index is 11.9. The zero-order valence-corrected chi connectivity index (χ0v) is 10.9. The first kappa shape index (κ1) is 13.7. The SMILES string of the molecule is CC.CC1C(N)C(=O)N(c2ccccc2)N1C. The normalized spacial score (nSPS) is 24.5. The van der Waals surface area contributed by atoms with Gasteiger partial charge in [0.25, 0.3) is 5.91 Å². The highest BCUT2D eigenvalue weighted by Gasteiger charge is 2.40. The summed E-state index contributed by atoms with van der Waals surface area (Å²) in [5, 5.41) is 3.51. The van der Waals surface area contributed by atoms with Crippen LogP contribution < -0.4 is 10.7 Å². The van der Waals surface area contributed by atoms with Crippen molar-refractivity contribution in [2.75, 3.05) is 12.1 Å². The van der Waals surface area contributed by atoms with Crippen LogP contribution >= 0.6 is 0 Å². The summed E-state index contributed by atoms with van der Waals surface area (Å²) >= 11 is 0. The summed E-state index contributed by atoms with van der Waals surface area (Å²) in [4.78, 5) is 11.9. The Labute approximate surface area is 103 Å². The summed E-state index contributed by atoms with van der Waals surface area (Å²) in [6.45, 7) is 5.95. The van der Waals surface area contributed by atoms with E-state index in [1.807, 2.05) is 63.2 Å². The number of hydrogen-bond donors (Lipinski definition) is 1. The second-order valence-electron chi connectivity index (χ2n) is 3.83. The van der Waals surface area contributed by atoms with Gasteiger partial charge in [-0.05, 0) is 19.1 Å². The molecule has 0 radical (unpaired) electrons. The molecule has 0 saturated carbocycles. The number of hydrazine groups is 1. The Kier molecular flexibility index (Phi) is 4.66. The molecule has 2 unspecified atom stereocenters. The lowest BCUT2D eigenvalue weighted by Gasteiger charge is -2.26. The van der Waals surface area contributed by atoms with E-state index in [-0.39, 0.29) is 11.9 Å². The minimum atomic E-state index is -0.435. The van der Waals surface area contributed by atoms with E-state index in [4.69, 9.17) is 5.73 Å². The predicted octanol–water partition coefficient (Wildman–Crippen LogP) is 1.62. The molecule has 4 heteroatoms. The van der Waals surface area contributed by atoms with Crippen LogP contribution in [0.25, 0.3) is 0 Å². The average molecular weight is 235 g/mol. The second kappa shape index (κ2) is 5.80. The van der Waals surface area contributed by atoms with Crippen LogP contribution in [0.15, 0.2) is 30.3 Å². The quantitative estimate of drug-likeness (QED) is 0.804. The molecular formula is C13H21N3O. The molecule has 1 aromatic carbocycles. The summed E-state index contributed by atoms with van der Waals surface area (Å²) in [5.41, 5.74) is 6.67. The van der Waals surface area contributed by atoms with Gasteiger partial charge in [-0.2, -0.15) is 0 Å². The highest BCUT2D eigenvalue weighted by molar-refractivity contribution is 5.98. The number of para-hydroxylation sites is 1. The van der Waals surface area contributed by atoms with Crippen LogP contribution in [0.1, 0.15) is 20.8 Å². The zero-order chi connectivity index (χ0) is 13.0. The minimum absolute atomic E-state index is 0.0395. The molecule has 1 amide bonds. The first-order valence-electron chi connectivity index (χ1n) is 6.00. The Balaban J connectivity index is 0.000000686. The maximum atomic E-state index is 11.9. The van der Waals surface area contributed by atoms with Crippen molar-refractivity contribution in [2.24, 2.45) is 5.73 Å². The number of benzene rings is 1. The molecule has 2 N–H and O–H groups in total. The highest BCUT2D eigenvalue weighted by atomic mass is 16.2. The third-order valence-corrected chi connectivity index (χ3v) is 2.92. The van der Waals surface area contributed by atoms with E-state index in [0.29, 0.717) is 0 Å². The lowest BCUT2D eigenvalue weighted by Crippen LogP contribution is -2.38. The predicted molar refractivity (Wildman–Crippen MR) is 70.5 cm³/mol. The van der Waals surface area contributed by atoms with Crippen LogP contribution in [0.5, 0.6) is 0 Å². The number of anilines is 1. The maximum Gasteiger partial charge on any atom is 0.260 e. The van der Waals surface area contributed by atoms with Crippen molar-refractivity contribution in [3.8, 4) is 0 Å². The molecular weight excluding hydrogens is 214 g/mol. The molecule has 2 rings (SSSR count). The molecule has 0 aromatic heterocycles. The smallest absolute Gasteiger partial charge is 0.260 e. The van der Waals surface area contributed by atoms with Gasteiger partial charge < -0.3 is 5.73 Å². The van der Waals surface area contributed by atoms with Gasteiger partial charge in [0.2, 0.25) is 0 Å². The highest BCUT2D eigenvalue weighted by Crippen LogP contribution is 2.24. The van der Waals surface area contributed by atoms with Gasteiger partial charge in [0.15, 0.2) is 0 Å². The third-order valence-electron chi connectivity index (χ3n) is 2.92. The molecule has 1 heterocycles. The number of likely N-dealkylation sites (N-methyl/N-ethyl adjacent to an activating group) is 1. The minimum Gasteiger partial charge on any atom is -0.318 e. The molecule has 1 fully saturated rings. The summed E-state index contributed by atoms with van der Waals surface area (Å²) in [6, 6.07) is 9.15. The molecule has 0 spiro atoms. The van der Waals surface area contributed by atoms with Gasteiger partial charge in [-0.1, -0.05) is 32.0 Å². The zero-order valence-electron chi connectivity index (χ0n) is 10.9. The first-order valence-corrected chi connectivity index (χ1v) is 6.00. The van der Waals surface area contributed by atoms with Gasteiger partial charge in [-0.25, -0.2) is 10.0 Å². The lowest BCUT2D eigenvalue weighted by atomic mass is 10.2. The third kappa shape index (κ3) is 2.48. The number of hydrogen-bond acceptors (Lipinski definition) is 3. The fourth-order valence-corrected chi connectivity index (χ4v) is 1.80. The van der Waals surface area contributed by atoms with Crippen molar-refractivity contribution < 1.29 is 4.79 Å². The van der Waals surface area contributed by atoms with Crippen LogP contribution in [-0.4, -0.2) is 30.0 Å². The van der Waals surface area contributed by atoms with Crippen LogP contribution in [0, 0.1) is 0 Å². The Hall–Kier alpha value is -1.39. The van der Waals surface area contributed by atoms with Gasteiger partial charge in [0.1, 0.15) is 6.04 Å². The summed E-state index contributed by atoms with van der Waals surface area (Å²) in [5.74, 6) is -0.0452. The van der Waals surface area contributed by atoms with E-state index in [0.717, 1.165) is 5.69 Å². The molecule has 1 aliphatic rings. The van der Waals surface area contributed by atoms with Crippen LogP contribution in [0.4, 0.5) is 5.69 Å². The molecule has 0 bridgehead atoms.